The van der Waals surface area contributed by atoms with Gasteiger partial charge >= 0.3 is 0 Å². The van der Waals surface area contributed by atoms with Crippen LogP contribution in [0.5, 0.6) is 0 Å². The van der Waals surface area contributed by atoms with Crippen LogP contribution in [0, 0.1) is 18.8 Å². The predicted octanol–water partition coefficient (Wildman–Crippen LogP) is 0.301. The molecular formula is C17H28N4O3. The van der Waals surface area contributed by atoms with Crippen molar-refractivity contribution in [2.75, 3.05) is 59.5 Å². The SMILES string of the molecule is Cc1cc(C(=O)N2CC(CO)C(CN3CCCN(C)CC3)C2)on1. The molecule has 3 heterocycles. The summed E-state index contributed by atoms with van der Waals surface area (Å²) in [6, 6.07) is 1.67. The highest BCUT2D eigenvalue weighted by molar-refractivity contribution is 5.91. The molecule has 0 bridgehead atoms. The zero-order valence-electron chi connectivity index (χ0n) is 14.6. The van der Waals surface area contributed by atoms with Crippen LogP contribution >= 0.6 is 0 Å². The van der Waals surface area contributed by atoms with Gasteiger partial charge in [-0.2, -0.15) is 0 Å². The maximum absolute atomic E-state index is 12.5. The predicted molar refractivity (Wildman–Crippen MR) is 89.8 cm³/mol. The molecule has 0 aliphatic carbocycles. The number of amides is 1. The molecule has 7 nitrogen and oxygen atoms in total. The smallest absolute Gasteiger partial charge is 0.292 e. The summed E-state index contributed by atoms with van der Waals surface area (Å²) in [7, 11) is 2.16. The molecule has 2 unspecified atom stereocenters. The lowest BCUT2D eigenvalue weighted by atomic mass is 9.96. The van der Waals surface area contributed by atoms with E-state index in [9.17, 15) is 9.90 Å². The number of aliphatic hydroxyl groups is 1. The van der Waals surface area contributed by atoms with E-state index >= 15 is 0 Å². The molecule has 2 aliphatic rings. The molecule has 1 aromatic rings. The summed E-state index contributed by atoms with van der Waals surface area (Å²) in [5, 5.41) is 13.5. The van der Waals surface area contributed by atoms with E-state index in [2.05, 4.69) is 22.0 Å². The Bertz CT molecular complexity index is 562. The summed E-state index contributed by atoms with van der Waals surface area (Å²) in [5.41, 5.74) is 0.710. The molecule has 134 valence electrons. The van der Waals surface area contributed by atoms with Crippen molar-refractivity contribution >= 4 is 5.91 Å². The fraction of sp³-hybridized carbons (Fsp3) is 0.765. The van der Waals surface area contributed by atoms with Crippen LogP contribution in [0.2, 0.25) is 0 Å². The van der Waals surface area contributed by atoms with Crippen LogP contribution in [0.4, 0.5) is 0 Å². The largest absolute Gasteiger partial charge is 0.396 e. The van der Waals surface area contributed by atoms with Crippen molar-refractivity contribution in [3.05, 3.63) is 17.5 Å². The molecule has 2 atom stereocenters. The number of aromatic nitrogens is 1. The Labute approximate surface area is 143 Å². The second-order valence-electron chi connectivity index (χ2n) is 7.20. The number of rotatable bonds is 4. The van der Waals surface area contributed by atoms with Crippen LogP contribution < -0.4 is 0 Å². The first kappa shape index (κ1) is 17.4. The van der Waals surface area contributed by atoms with E-state index in [4.69, 9.17) is 4.52 Å². The molecule has 24 heavy (non-hydrogen) atoms. The standard InChI is InChI=1S/C17H28N4O3/c1-13-8-16(24-18-13)17(23)21-10-14(15(11-21)12-22)9-20-5-3-4-19(2)6-7-20/h8,14-15,22H,3-7,9-12H2,1-2H3. The van der Waals surface area contributed by atoms with E-state index in [1.165, 1.54) is 6.42 Å². The average Bonchev–Trinajstić information content (AvgIpc) is 3.12. The van der Waals surface area contributed by atoms with Crippen molar-refractivity contribution < 1.29 is 14.4 Å². The number of nitrogens with zero attached hydrogens (tertiary/aromatic N) is 4. The summed E-state index contributed by atoms with van der Waals surface area (Å²) in [4.78, 5) is 19.2. The second kappa shape index (κ2) is 7.63. The lowest BCUT2D eigenvalue weighted by molar-refractivity contribution is 0.0737. The molecule has 2 saturated heterocycles. The topological polar surface area (TPSA) is 73.1 Å². The van der Waals surface area contributed by atoms with Crippen molar-refractivity contribution in [3.63, 3.8) is 0 Å². The van der Waals surface area contributed by atoms with Crippen LogP contribution in [0.25, 0.3) is 0 Å². The number of carbonyl (C=O) groups is 1. The Hall–Kier alpha value is -1.44. The van der Waals surface area contributed by atoms with E-state index < -0.39 is 0 Å². The number of hydrogen-bond donors (Lipinski definition) is 1. The maximum atomic E-state index is 12.5. The highest BCUT2D eigenvalue weighted by atomic mass is 16.5. The summed E-state index contributed by atoms with van der Waals surface area (Å²) < 4.78 is 5.10. The molecular weight excluding hydrogens is 308 g/mol. The third-order valence-corrected chi connectivity index (χ3v) is 5.24. The second-order valence-corrected chi connectivity index (χ2v) is 7.20. The summed E-state index contributed by atoms with van der Waals surface area (Å²) >= 11 is 0. The lowest BCUT2D eigenvalue weighted by Crippen LogP contribution is -2.36. The Kier molecular flexibility index (Phi) is 5.53. The number of hydrogen-bond acceptors (Lipinski definition) is 6. The van der Waals surface area contributed by atoms with Gasteiger partial charge in [0.2, 0.25) is 5.76 Å². The third-order valence-electron chi connectivity index (χ3n) is 5.24. The van der Waals surface area contributed by atoms with Gasteiger partial charge in [-0.25, -0.2) is 0 Å². The fourth-order valence-electron chi connectivity index (χ4n) is 3.75. The van der Waals surface area contributed by atoms with E-state index in [0.717, 1.165) is 32.7 Å². The van der Waals surface area contributed by atoms with Gasteiger partial charge in [0.1, 0.15) is 0 Å². The number of aliphatic hydroxyl groups excluding tert-OH is 1. The van der Waals surface area contributed by atoms with Gasteiger partial charge in [-0.1, -0.05) is 5.16 Å². The summed E-state index contributed by atoms with van der Waals surface area (Å²) in [6.07, 6.45) is 1.17. The molecule has 2 fully saturated rings. The van der Waals surface area contributed by atoms with Crippen molar-refractivity contribution in [1.29, 1.82) is 0 Å². The van der Waals surface area contributed by atoms with Crippen LogP contribution in [0.3, 0.4) is 0 Å². The van der Waals surface area contributed by atoms with E-state index in [1.54, 1.807) is 17.9 Å². The number of likely N-dealkylation sites (N-methyl/N-ethyl adjacent to an activating group) is 1. The molecule has 0 saturated carbocycles. The first-order valence-corrected chi connectivity index (χ1v) is 8.81. The van der Waals surface area contributed by atoms with E-state index in [1.807, 2.05) is 0 Å². The lowest BCUT2D eigenvalue weighted by Gasteiger charge is -2.26. The van der Waals surface area contributed by atoms with Gasteiger partial charge in [-0.3, -0.25) is 4.79 Å². The molecule has 1 aromatic heterocycles. The van der Waals surface area contributed by atoms with Crippen molar-refractivity contribution in [2.45, 2.75) is 13.3 Å². The average molecular weight is 336 g/mol. The van der Waals surface area contributed by atoms with Gasteiger partial charge in [0, 0.05) is 51.3 Å². The maximum Gasteiger partial charge on any atom is 0.292 e. The normalized spacial score (nSPS) is 26.7. The van der Waals surface area contributed by atoms with Gasteiger partial charge in [-0.05, 0) is 39.4 Å². The van der Waals surface area contributed by atoms with Gasteiger partial charge in [0.05, 0.1) is 5.69 Å². The van der Waals surface area contributed by atoms with Crippen molar-refractivity contribution in [1.82, 2.24) is 19.9 Å². The molecule has 0 radical (unpaired) electrons. The number of likely N-dealkylation sites (tertiary alicyclic amines) is 1. The van der Waals surface area contributed by atoms with Gasteiger partial charge in [0.25, 0.3) is 5.91 Å². The Morgan fingerprint density at radius 3 is 2.79 bits per heavy atom. The Morgan fingerprint density at radius 1 is 1.29 bits per heavy atom. The zero-order chi connectivity index (χ0) is 17.1. The monoisotopic (exact) mass is 336 g/mol. The quantitative estimate of drug-likeness (QED) is 0.853. The third kappa shape index (κ3) is 3.96. The zero-order valence-corrected chi connectivity index (χ0v) is 14.6. The molecule has 1 N–H and O–H groups in total. The number of carbonyl (C=O) groups excluding carboxylic acids is 1. The molecule has 7 heteroatoms. The van der Waals surface area contributed by atoms with Gasteiger partial charge in [0.15, 0.2) is 0 Å². The minimum atomic E-state index is -0.118. The van der Waals surface area contributed by atoms with Crippen molar-refractivity contribution in [2.24, 2.45) is 11.8 Å². The molecule has 0 aromatic carbocycles. The molecule has 1 amide bonds. The Balaban J connectivity index is 1.60. The number of aryl methyl sites for hydroxylation is 1. The van der Waals surface area contributed by atoms with Crippen molar-refractivity contribution in [3.8, 4) is 0 Å². The van der Waals surface area contributed by atoms with Gasteiger partial charge in [-0.15, -0.1) is 0 Å². The minimum absolute atomic E-state index is 0.118. The summed E-state index contributed by atoms with van der Waals surface area (Å²) in [6.45, 7) is 8.50. The molecule has 2 aliphatic heterocycles. The Morgan fingerprint density at radius 2 is 2.08 bits per heavy atom. The van der Waals surface area contributed by atoms with Crippen LogP contribution in [0.15, 0.2) is 10.6 Å². The molecule has 0 spiro atoms. The van der Waals surface area contributed by atoms with E-state index in [0.29, 0.717) is 30.5 Å². The van der Waals surface area contributed by atoms with E-state index in [-0.39, 0.29) is 18.4 Å². The van der Waals surface area contributed by atoms with Crippen LogP contribution in [-0.2, 0) is 0 Å². The minimum Gasteiger partial charge on any atom is -0.396 e. The first-order chi connectivity index (χ1) is 11.6. The fourth-order valence-corrected chi connectivity index (χ4v) is 3.75. The van der Waals surface area contributed by atoms with Gasteiger partial charge < -0.3 is 24.3 Å². The summed E-state index contributed by atoms with van der Waals surface area (Å²) in [5.74, 6) is 0.624. The van der Waals surface area contributed by atoms with Crippen LogP contribution in [0.1, 0.15) is 22.7 Å². The highest BCUT2D eigenvalue weighted by Gasteiger charge is 2.37. The first-order valence-electron chi connectivity index (χ1n) is 8.81. The molecule has 3 rings (SSSR count). The van der Waals surface area contributed by atoms with Crippen LogP contribution in [-0.4, -0.2) is 90.3 Å². The highest BCUT2D eigenvalue weighted by Crippen LogP contribution is 2.26.